The first-order valence-corrected chi connectivity index (χ1v) is 7.91. The highest BCUT2D eigenvalue weighted by Crippen LogP contribution is 2.31. The van der Waals surface area contributed by atoms with E-state index in [2.05, 4.69) is 17.4 Å². The Bertz CT molecular complexity index is 704. The van der Waals surface area contributed by atoms with Crippen molar-refractivity contribution in [3.05, 3.63) is 69.8 Å². The topological polar surface area (TPSA) is 12.0 Å². The Kier molecular flexibility index (Phi) is 4.44. The van der Waals surface area contributed by atoms with Gasteiger partial charge in [-0.15, -0.1) is 0 Å². The first-order chi connectivity index (χ1) is 11.0. The van der Waals surface area contributed by atoms with Crippen molar-refractivity contribution in [2.75, 3.05) is 7.05 Å². The van der Waals surface area contributed by atoms with Crippen LogP contribution in [-0.2, 0) is 32.0 Å². The van der Waals surface area contributed by atoms with Gasteiger partial charge < -0.3 is 5.32 Å². The van der Waals surface area contributed by atoms with Crippen molar-refractivity contribution >= 4 is 0 Å². The van der Waals surface area contributed by atoms with Crippen LogP contribution < -0.4 is 5.32 Å². The molecule has 1 aliphatic rings. The molecule has 0 saturated heterocycles. The van der Waals surface area contributed by atoms with Gasteiger partial charge >= 0.3 is 6.18 Å². The standard InChI is InChI=1S/C19H20F3N/c1-23-12-15-8-14(10-18(11-15)19(20,21)22)7-13-5-6-16-3-2-4-17(16)9-13/h5-6,8-11,23H,2-4,7,12H2,1H3. The highest BCUT2D eigenvalue weighted by atomic mass is 19.4. The van der Waals surface area contributed by atoms with Crippen LogP contribution in [-0.4, -0.2) is 7.05 Å². The lowest BCUT2D eigenvalue weighted by atomic mass is 9.97. The molecule has 1 nitrogen and oxygen atoms in total. The molecule has 0 fully saturated rings. The van der Waals surface area contributed by atoms with Gasteiger partial charge in [-0.2, -0.15) is 13.2 Å². The van der Waals surface area contributed by atoms with Gasteiger partial charge in [0.25, 0.3) is 0 Å². The Morgan fingerprint density at radius 2 is 1.65 bits per heavy atom. The summed E-state index contributed by atoms with van der Waals surface area (Å²) in [6, 6.07) is 10.7. The SMILES string of the molecule is CNCc1cc(Cc2ccc3c(c2)CCC3)cc(C(F)(F)F)c1. The molecule has 0 bridgehead atoms. The predicted octanol–water partition coefficient (Wildman–Crippen LogP) is 4.50. The van der Waals surface area contributed by atoms with Crippen molar-refractivity contribution in [1.29, 1.82) is 0 Å². The van der Waals surface area contributed by atoms with Crippen LogP contribution >= 0.6 is 0 Å². The molecular formula is C19H20F3N. The molecule has 122 valence electrons. The van der Waals surface area contributed by atoms with Crippen molar-refractivity contribution < 1.29 is 13.2 Å². The number of rotatable bonds is 4. The summed E-state index contributed by atoms with van der Waals surface area (Å²) in [6.45, 7) is 0.432. The van der Waals surface area contributed by atoms with Crippen LogP contribution in [0, 0.1) is 0 Å². The molecule has 0 radical (unpaired) electrons. The summed E-state index contributed by atoms with van der Waals surface area (Å²) < 4.78 is 39.3. The van der Waals surface area contributed by atoms with E-state index in [0.29, 0.717) is 24.1 Å². The highest BCUT2D eigenvalue weighted by molar-refractivity contribution is 5.39. The minimum Gasteiger partial charge on any atom is -0.316 e. The van der Waals surface area contributed by atoms with Gasteiger partial charge in [0.05, 0.1) is 5.56 Å². The van der Waals surface area contributed by atoms with Gasteiger partial charge in [0, 0.05) is 6.54 Å². The van der Waals surface area contributed by atoms with E-state index in [1.54, 1.807) is 7.05 Å². The Balaban J connectivity index is 1.90. The van der Waals surface area contributed by atoms with Gasteiger partial charge in [0.15, 0.2) is 0 Å². The number of nitrogens with one attached hydrogen (secondary N) is 1. The quantitative estimate of drug-likeness (QED) is 0.874. The molecule has 1 N–H and O–H groups in total. The summed E-state index contributed by atoms with van der Waals surface area (Å²) >= 11 is 0. The summed E-state index contributed by atoms with van der Waals surface area (Å²) in [5, 5.41) is 2.92. The molecule has 23 heavy (non-hydrogen) atoms. The van der Waals surface area contributed by atoms with Crippen LogP contribution in [0.2, 0.25) is 0 Å². The average Bonchev–Trinajstić information content (AvgIpc) is 2.94. The van der Waals surface area contributed by atoms with Crippen LogP contribution in [0.5, 0.6) is 0 Å². The van der Waals surface area contributed by atoms with E-state index in [1.807, 2.05) is 12.1 Å². The van der Waals surface area contributed by atoms with Crippen LogP contribution in [0.1, 0.15) is 39.8 Å². The number of hydrogen-bond acceptors (Lipinski definition) is 1. The van der Waals surface area contributed by atoms with E-state index in [0.717, 1.165) is 18.4 Å². The Labute approximate surface area is 134 Å². The van der Waals surface area contributed by atoms with Gasteiger partial charge in [0.2, 0.25) is 0 Å². The lowest BCUT2D eigenvalue weighted by Gasteiger charge is -2.13. The molecule has 1 aliphatic carbocycles. The summed E-state index contributed by atoms with van der Waals surface area (Å²) in [5.74, 6) is 0. The highest BCUT2D eigenvalue weighted by Gasteiger charge is 2.31. The number of halogens is 3. The molecular weight excluding hydrogens is 299 g/mol. The molecule has 4 heteroatoms. The van der Waals surface area contributed by atoms with Gasteiger partial charge in [-0.05, 0) is 72.7 Å². The van der Waals surface area contributed by atoms with Crippen molar-refractivity contribution in [2.45, 2.75) is 38.4 Å². The number of benzene rings is 2. The Morgan fingerprint density at radius 1 is 0.913 bits per heavy atom. The molecule has 0 spiro atoms. The molecule has 0 amide bonds. The van der Waals surface area contributed by atoms with Crippen molar-refractivity contribution in [3.8, 4) is 0 Å². The fourth-order valence-electron chi connectivity index (χ4n) is 3.31. The van der Waals surface area contributed by atoms with Gasteiger partial charge in [-0.1, -0.05) is 24.3 Å². The number of aryl methyl sites for hydroxylation is 2. The summed E-state index contributed by atoms with van der Waals surface area (Å²) in [7, 11) is 1.74. The zero-order valence-corrected chi connectivity index (χ0v) is 13.1. The fraction of sp³-hybridized carbons (Fsp3) is 0.368. The first-order valence-electron chi connectivity index (χ1n) is 7.91. The number of fused-ring (bicyclic) bond motifs is 1. The normalized spacial score (nSPS) is 14.1. The summed E-state index contributed by atoms with van der Waals surface area (Å²) in [6.07, 6.45) is -0.402. The Hall–Kier alpha value is -1.81. The summed E-state index contributed by atoms with van der Waals surface area (Å²) in [5.41, 5.74) is 4.63. The van der Waals surface area contributed by atoms with E-state index in [1.165, 1.54) is 29.7 Å². The van der Waals surface area contributed by atoms with E-state index in [9.17, 15) is 13.2 Å². The van der Waals surface area contributed by atoms with E-state index in [-0.39, 0.29) is 0 Å². The molecule has 2 aromatic carbocycles. The van der Waals surface area contributed by atoms with Crippen LogP contribution in [0.25, 0.3) is 0 Å². The lowest BCUT2D eigenvalue weighted by molar-refractivity contribution is -0.137. The smallest absolute Gasteiger partial charge is 0.316 e. The second-order valence-electron chi connectivity index (χ2n) is 6.20. The van der Waals surface area contributed by atoms with Crippen LogP contribution in [0.3, 0.4) is 0 Å². The van der Waals surface area contributed by atoms with Crippen molar-refractivity contribution in [2.24, 2.45) is 0 Å². The minimum atomic E-state index is -4.31. The van der Waals surface area contributed by atoms with E-state index in [4.69, 9.17) is 0 Å². The van der Waals surface area contributed by atoms with Crippen molar-refractivity contribution in [3.63, 3.8) is 0 Å². The largest absolute Gasteiger partial charge is 0.416 e. The molecule has 0 aromatic heterocycles. The average molecular weight is 319 g/mol. The maximum absolute atomic E-state index is 13.1. The third kappa shape index (κ3) is 3.75. The van der Waals surface area contributed by atoms with E-state index < -0.39 is 11.7 Å². The number of alkyl halides is 3. The molecule has 0 atom stereocenters. The van der Waals surface area contributed by atoms with Gasteiger partial charge in [-0.25, -0.2) is 0 Å². The Morgan fingerprint density at radius 3 is 2.39 bits per heavy atom. The zero-order valence-electron chi connectivity index (χ0n) is 13.1. The zero-order chi connectivity index (χ0) is 16.4. The first kappa shape index (κ1) is 16.1. The van der Waals surface area contributed by atoms with Crippen molar-refractivity contribution in [1.82, 2.24) is 5.32 Å². The lowest BCUT2D eigenvalue weighted by Crippen LogP contribution is -2.10. The predicted molar refractivity (Wildman–Crippen MR) is 85.5 cm³/mol. The molecule has 0 aliphatic heterocycles. The van der Waals surface area contributed by atoms with Gasteiger partial charge in [-0.3, -0.25) is 0 Å². The molecule has 2 aromatic rings. The monoisotopic (exact) mass is 319 g/mol. The third-order valence-electron chi connectivity index (χ3n) is 4.33. The second-order valence-corrected chi connectivity index (χ2v) is 6.20. The maximum Gasteiger partial charge on any atom is 0.416 e. The van der Waals surface area contributed by atoms with Gasteiger partial charge in [0.1, 0.15) is 0 Å². The van der Waals surface area contributed by atoms with E-state index >= 15 is 0 Å². The molecule has 3 rings (SSSR count). The van der Waals surface area contributed by atoms with Crippen LogP contribution in [0.4, 0.5) is 13.2 Å². The number of hydrogen-bond donors (Lipinski definition) is 1. The van der Waals surface area contributed by atoms with Crippen LogP contribution in [0.15, 0.2) is 36.4 Å². The summed E-state index contributed by atoms with van der Waals surface area (Å²) in [4.78, 5) is 0. The molecule has 0 heterocycles. The molecule has 0 saturated carbocycles. The fourth-order valence-corrected chi connectivity index (χ4v) is 3.31. The second kappa shape index (κ2) is 6.36. The maximum atomic E-state index is 13.1. The molecule has 0 unspecified atom stereocenters. The third-order valence-corrected chi connectivity index (χ3v) is 4.33. The minimum absolute atomic E-state index is 0.432.